The van der Waals surface area contributed by atoms with Crippen LogP contribution >= 0.6 is 0 Å². The Hall–Kier alpha value is 0.921. The summed E-state index contributed by atoms with van der Waals surface area (Å²) in [5.74, 6) is -0.833. The third-order valence-corrected chi connectivity index (χ3v) is 0. The fourth-order valence-corrected chi connectivity index (χ4v) is 0. The third kappa shape index (κ3) is 286. The first-order valence-corrected chi connectivity index (χ1v) is 0.928. The molecule has 0 aliphatic rings. The number of hydrogen-bond acceptors (Lipinski definition) is 1. The van der Waals surface area contributed by atoms with Crippen LogP contribution in [0.3, 0.4) is 0 Å². The van der Waals surface area contributed by atoms with Crippen LogP contribution < -0.4 is 0 Å². The maximum Gasteiger partial charge on any atom is 2.00 e. The Balaban J connectivity index is -0.00000000300. The van der Waals surface area contributed by atoms with E-state index in [9.17, 15) is 0 Å². The second kappa shape index (κ2) is 24.7. The van der Waals surface area contributed by atoms with E-state index < -0.39 is 5.97 Å². The van der Waals surface area contributed by atoms with Gasteiger partial charge in [-0.3, -0.25) is 4.79 Å². The monoisotopic (exact) mass is 254 g/mol. The van der Waals surface area contributed by atoms with E-state index in [2.05, 4.69) is 0 Å². The van der Waals surface area contributed by atoms with Crippen LogP contribution in [0.2, 0.25) is 0 Å². The molecule has 0 rings (SSSR count). The average molecular weight is 253 g/mol. The predicted octanol–water partition coefficient (Wildman–Crippen LogP) is -2.54. The number of rotatable bonds is 0. The second-order valence-corrected chi connectivity index (χ2v) is 0.519. The molecule has 7 N–H and O–H groups in total. The normalized spacial score (nSPS) is 3.12. The molecule has 0 aromatic heterocycles. The Labute approximate surface area is 90.0 Å². The van der Waals surface area contributed by atoms with Gasteiger partial charge in [0.2, 0.25) is 0 Å². The smallest absolute Gasteiger partial charge is 1.00 e. The Kier molecular flexibility index (Phi) is 112. The fraction of sp³-hybridized carbons (Fsp3) is 0.500. The number of carbonyl (C=O) groups is 1. The second-order valence-electron chi connectivity index (χ2n) is 0.519. The summed E-state index contributed by atoms with van der Waals surface area (Å²) in [4.78, 5) is 9.00. The van der Waals surface area contributed by atoms with E-state index in [0.717, 1.165) is 6.92 Å². The van der Waals surface area contributed by atoms with Gasteiger partial charge in [-0.2, -0.15) is 0 Å². The van der Waals surface area contributed by atoms with E-state index in [1.54, 1.807) is 0 Å². The van der Waals surface area contributed by atoms with E-state index in [1.807, 2.05) is 0 Å². The van der Waals surface area contributed by atoms with E-state index in [0.29, 0.717) is 0 Å². The maximum atomic E-state index is 9.00. The van der Waals surface area contributed by atoms with Gasteiger partial charge in [0.15, 0.2) is 0 Å². The molecule has 0 spiro atoms. The molecular weight excluding hydrogens is 241 g/mol. The molecule has 0 saturated heterocycles. The molecule has 0 fully saturated rings. The fourth-order valence-electron chi connectivity index (χ4n) is 0. The Morgan fingerprint density at radius 1 is 1.38 bits per heavy atom. The molecule has 0 saturated carbocycles. The van der Waals surface area contributed by atoms with Gasteiger partial charge in [-0.25, -0.2) is 0 Å². The molecule has 0 aliphatic carbocycles. The van der Waals surface area contributed by atoms with Gasteiger partial charge in [0.05, 0.1) is 0 Å². The number of aliphatic carboxylic acids is 1. The van der Waals surface area contributed by atoms with Gasteiger partial charge < -0.3 is 24.4 Å². The zero-order valence-electron chi connectivity index (χ0n) is 6.56. The Morgan fingerprint density at radius 3 is 1.38 bits per heavy atom. The zero-order valence-corrected chi connectivity index (χ0v) is 9.00. The number of carboxylic acid groups (broad SMARTS) is 1. The molecule has 0 heterocycles. The van der Waals surface area contributed by atoms with Crippen molar-refractivity contribution in [3.8, 4) is 0 Å². The van der Waals surface area contributed by atoms with Gasteiger partial charge in [-0.05, 0) is 0 Å². The minimum absolute atomic E-state index is 0. The Morgan fingerprint density at radius 2 is 1.38 bits per heavy atom. The van der Waals surface area contributed by atoms with Crippen LogP contribution in [0.4, 0.5) is 0 Å². The number of carboxylic acids is 1. The summed E-state index contributed by atoms with van der Waals surface area (Å²) in [5, 5.41) is 7.42. The van der Waals surface area contributed by atoms with Crippen molar-refractivity contribution in [3.63, 3.8) is 0 Å². The van der Waals surface area contributed by atoms with Gasteiger partial charge in [-0.1, -0.05) is 0 Å². The average Bonchev–Trinajstić information content (AvgIpc) is 0.811. The summed E-state index contributed by atoms with van der Waals surface area (Å²) in [6.45, 7) is 1.08. The van der Waals surface area contributed by atoms with Crippen LogP contribution in [-0.2, 0) is 4.79 Å². The maximum absolute atomic E-state index is 9.00. The van der Waals surface area contributed by atoms with Crippen LogP contribution in [0.15, 0.2) is 0 Å². The van der Waals surface area contributed by atoms with Crippen molar-refractivity contribution in [1.29, 1.82) is 0 Å². The first-order chi connectivity index (χ1) is 1.73. The topological polar surface area (TPSA) is 132 Å². The van der Waals surface area contributed by atoms with Gasteiger partial charge in [0.1, 0.15) is 0 Å². The quantitative estimate of drug-likeness (QED) is 0.477. The molecule has 0 aromatic rings. The van der Waals surface area contributed by atoms with E-state index in [4.69, 9.17) is 9.90 Å². The van der Waals surface area contributed by atoms with Crippen molar-refractivity contribution < 1.29 is 29.2 Å². The summed E-state index contributed by atoms with van der Waals surface area (Å²) in [5.41, 5.74) is 0. The van der Waals surface area contributed by atoms with Crippen LogP contribution in [0.25, 0.3) is 0 Å². The molecule has 0 atom stereocenters. The van der Waals surface area contributed by atoms with Crippen LogP contribution in [0.1, 0.15) is 9.78 Å². The van der Waals surface area contributed by atoms with Crippen molar-refractivity contribution >= 4 is 54.9 Å². The molecule has 8 heavy (non-hydrogen) atoms. The summed E-state index contributed by atoms with van der Waals surface area (Å²) >= 11 is 0. The third-order valence-electron chi connectivity index (χ3n) is 0. The predicted molar refractivity (Wildman–Crippen MR) is 32.1 cm³/mol. The van der Waals surface area contributed by atoms with Crippen LogP contribution in [0, 0.1) is 0 Å². The summed E-state index contributed by atoms with van der Waals surface area (Å²) in [7, 11) is 0. The SMILES string of the molecule is CC(=O)O.O.O.O.[Ba+2].[H-].[H-]. The molecule has 0 aromatic carbocycles. The molecule has 6 heteroatoms. The van der Waals surface area contributed by atoms with Crippen molar-refractivity contribution in [2.45, 2.75) is 6.92 Å². The molecule has 0 unspecified atom stereocenters. The standard InChI is InChI=1S/C2H4O2.Ba.3H2O.2H/c1-2(3)4;;;;;;/h1H3,(H,3,4);;3*1H2;;/q;+2;;;;2*-1. The zero-order chi connectivity index (χ0) is 3.58. The molecular formula is C2H12BaO5. The van der Waals surface area contributed by atoms with E-state index in [-0.39, 0.29) is 68.2 Å². The van der Waals surface area contributed by atoms with Gasteiger partial charge in [0, 0.05) is 6.92 Å². The molecule has 5 nitrogen and oxygen atoms in total. The van der Waals surface area contributed by atoms with Crippen LogP contribution in [-0.4, -0.2) is 76.4 Å². The van der Waals surface area contributed by atoms with Crippen LogP contribution in [0.5, 0.6) is 0 Å². The minimum Gasteiger partial charge on any atom is -1.00 e. The van der Waals surface area contributed by atoms with Gasteiger partial charge in [0.25, 0.3) is 5.97 Å². The first-order valence-electron chi connectivity index (χ1n) is 0.928. The summed E-state index contributed by atoms with van der Waals surface area (Å²) in [6.07, 6.45) is 0. The van der Waals surface area contributed by atoms with Crippen molar-refractivity contribution in [1.82, 2.24) is 0 Å². The molecule has 0 amide bonds. The van der Waals surface area contributed by atoms with Gasteiger partial charge >= 0.3 is 48.9 Å². The summed E-state index contributed by atoms with van der Waals surface area (Å²) < 4.78 is 0. The van der Waals surface area contributed by atoms with E-state index in [1.165, 1.54) is 0 Å². The number of hydrogen-bond donors (Lipinski definition) is 1. The van der Waals surface area contributed by atoms with Crippen molar-refractivity contribution in [2.24, 2.45) is 0 Å². The first kappa shape index (κ1) is 36.4. The molecule has 0 aliphatic heterocycles. The van der Waals surface area contributed by atoms with Crippen molar-refractivity contribution in [2.75, 3.05) is 0 Å². The van der Waals surface area contributed by atoms with E-state index >= 15 is 0 Å². The largest absolute Gasteiger partial charge is 2.00 e. The van der Waals surface area contributed by atoms with Crippen molar-refractivity contribution in [3.05, 3.63) is 0 Å². The molecule has 52 valence electrons. The Bertz CT molecular complexity index is 40.6. The molecule has 0 radical (unpaired) electrons. The minimum atomic E-state index is -0.833. The molecule has 0 bridgehead atoms. The summed E-state index contributed by atoms with van der Waals surface area (Å²) in [6, 6.07) is 0. The van der Waals surface area contributed by atoms with Gasteiger partial charge in [-0.15, -0.1) is 0 Å².